The van der Waals surface area contributed by atoms with Gasteiger partial charge in [-0.05, 0) is 48.5 Å². The van der Waals surface area contributed by atoms with E-state index < -0.39 is 0 Å². The summed E-state index contributed by atoms with van der Waals surface area (Å²) in [6.07, 6.45) is 0. The van der Waals surface area contributed by atoms with Crippen LogP contribution < -0.4 is 0 Å². The molecule has 0 aliphatic heterocycles. The van der Waals surface area contributed by atoms with Crippen LogP contribution in [0.1, 0.15) is 0 Å². The van der Waals surface area contributed by atoms with E-state index >= 15 is 0 Å². The van der Waals surface area contributed by atoms with Crippen molar-refractivity contribution in [1.29, 1.82) is 0 Å². The zero-order valence-electron chi connectivity index (χ0n) is 31.3. The fraction of sp³-hybridized carbons (Fsp3) is 0. The molecule has 0 saturated heterocycles. The molecule has 14 aromatic rings. The summed E-state index contributed by atoms with van der Waals surface area (Å²) in [5.74, 6) is 0. The van der Waals surface area contributed by atoms with Crippen molar-refractivity contribution < 1.29 is 0 Å². The van der Waals surface area contributed by atoms with E-state index in [4.69, 9.17) is 0 Å². The van der Waals surface area contributed by atoms with Crippen LogP contribution in [0.25, 0.3) is 121 Å². The minimum Gasteiger partial charge on any atom is -0.307 e. The molecule has 0 aliphatic rings. The Bertz CT molecular complexity index is 3880. The molecule has 4 nitrogen and oxygen atoms in total. The van der Waals surface area contributed by atoms with E-state index in [1.54, 1.807) is 0 Å². The lowest BCUT2D eigenvalue weighted by Gasteiger charge is -2.22. The molecule has 4 heteroatoms. The molecule has 58 heavy (non-hydrogen) atoms. The molecule has 0 bridgehead atoms. The average molecular weight is 737 g/mol. The molecule has 5 aromatic heterocycles. The van der Waals surface area contributed by atoms with Crippen LogP contribution in [0.5, 0.6) is 0 Å². The number of benzene rings is 9. The highest BCUT2D eigenvalue weighted by Crippen LogP contribution is 2.49. The van der Waals surface area contributed by atoms with Crippen molar-refractivity contribution in [1.82, 2.24) is 18.1 Å². The summed E-state index contributed by atoms with van der Waals surface area (Å²) < 4.78 is 10.2. The fourth-order valence-electron chi connectivity index (χ4n) is 10.7. The van der Waals surface area contributed by atoms with Crippen molar-refractivity contribution in [2.24, 2.45) is 0 Å². The van der Waals surface area contributed by atoms with Gasteiger partial charge < -0.3 is 18.1 Å². The molecule has 0 N–H and O–H groups in total. The van der Waals surface area contributed by atoms with Gasteiger partial charge in [-0.2, -0.15) is 0 Å². The van der Waals surface area contributed by atoms with Crippen LogP contribution in [0.4, 0.5) is 0 Å². The quantitative estimate of drug-likeness (QED) is 0.172. The lowest BCUT2D eigenvalue weighted by atomic mass is 10.0. The van der Waals surface area contributed by atoms with Crippen molar-refractivity contribution in [3.63, 3.8) is 0 Å². The third-order valence-corrected chi connectivity index (χ3v) is 12.9. The highest BCUT2D eigenvalue weighted by molar-refractivity contribution is 6.28. The first-order valence-electron chi connectivity index (χ1n) is 20.0. The second-order valence-corrected chi connectivity index (χ2v) is 15.7. The highest BCUT2D eigenvalue weighted by Gasteiger charge is 2.29. The molecule has 9 aromatic carbocycles. The standard InChI is InChI=1S/C54H32N4/c1-8-25-42-33(16-1)34-17-2-9-26-43(34)55(42)49-32-50(56-44-27-10-3-18-35(44)36-19-4-11-28-45(36)56)54-51(41-24-15-23-40-39-22-7-14-31-48(39)58(54)52(40)41)53(49)57-46-29-12-5-20-37(46)38-21-6-13-30-47(38)57/h1-32H. The van der Waals surface area contributed by atoms with Crippen molar-refractivity contribution in [2.75, 3.05) is 0 Å². The summed E-state index contributed by atoms with van der Waals surface area (Å²) in [5, 5.41) is 12.5. The van der Waals surface area contributed by atoms with Crippen molar-refractivity contribution >= 4 is 104 Å². The molecule has 0 unspecified atom stereocenters. The maximum atomic E-state index is 2.57. The number of hydrogen-bond acceptors (Lipinski definition) is 0. The molecule has 0 fully saturated rings. The lowest BCUT2D eigenvalue weighted by Crippen LogP contribution is -2.07. The smallest absolute Gasteiger partial charge is 0.0805 e. The summed E-state index contributed by atoms with van der Waals surface area (Å²) in [5.41, 5.74) is 14.2. The van der Waals surface area contributed by atoms with Gasteiger partial charge in [0.05, 0.1) is 66.7 Å². The van der Waals surface area contributed by atoms with E-state index in [-0.39, 0.29) is 0 Å². The van der Waals surface area contributed by atoms with Crippen molar-refractivity contribution in [3.05, 3.63) is 194 Å². The maximum Gasteiger partial charge on any atom is 0.0805 e. The zero-order valence-corrected chi connectivity index (χ0v) is 31.3. The molecular weight excluding hydrogens is 705 g/mol. The summed E-state index contributed by atoms with van der Waals surface area (Å²) in [6, 6.07) is 71.8. The van der Waals surface area contributed by atoms with Gasteiger partial charge in [0.25, 0.3) is 0 Å². The second-order valence-electron chi connectivity index (χ2n) is 15.7. The third kappa shape index (κ3) is 3.66. The summed E-state index contributed by atoms with van der Waals surface area (Å²) in [6.45, 7) is 0. The predicted octanol–water partition coefficient (Wildman–Crippen LogP) is 14.1. The van der Waals surface area contributed by atoms with Gasteiger partial charge in [-0.1, -0.05) is 146 Å². The first-order valence-corrected chi connectivity index (χ1v) is 20.0. The van der Waals surface area contributed by atoms with Crippen LogP contribution in [0.3, 0.4) is 0 Å². The Kier molecular flexibility index (Phi) is 5.73. The number of fused-ring (bicyclic) bond motifs is 15. The first kappa shape index (κ1) is 30.4. The summed E-state index contributed by atoms with van der Waals surface area (Å²) in [4.78, 5) is 0. The first-order chi connectivity index (χ1) is 28.8. The Morgan fingerprint density at radius 2 is 0.569 bits per heavy atom. The SMILES string of the molecule is c1ccc2c(c1)c1ccccc1n2-c1cc(-n2c3ccccc3c3ccccc32)c2c(c1-n1c3ccccc3c3ccccc31)c1cccc3c4ccccc4n2c31. The Hall–Kier alpha value is -7.82. The molecule has 0 saturated carbocycles. The Morgan fingerprint density at radius 3 is 1.02 bits per heavy atom. The van der Waals surface area contributed by atoms with Crippen LogP contribution >= 0.6 is 0 Å². The summed E-state index contributed by atoms with van der Waals surface area (Å²) >= 11 is 0. The minimum atomic E-state index is 1.13. The second kappa shape index (κ2) is 10.9. The Labute approximate surface area is 331 Å². The van der Waals surface area contributed by atoms with E-state index in [2.05, 4.69) is 212 Å². The van der Waals surface area contributed by atoms with E-state index in [1.807, 2.05) is 0 Å². The number of nitrogens with zero attached hydrogens (tertiary/aromatic N) is 4. The van der Waals surface area contributed by atoms with E-state index in [1.165, 1.54) is 109 Å². The molecule has 5 heterocycles. The molecular formula is C54H32N4. The van der Waals surface area contributed by atoms with Gasteiger partial charge >= 0.3 is 0 Å². The largest absolute Gasteiger partial charge is 0.307 e. The zero-order chi connectivity index (χ0) is 37.6. The van der Waals surface area contributed by atoms with Gasteiger partial charge in [0.15, 0.2) is 0 Å². The van der Waals surface area contributed by atoms with Crippen LogP contribution in [-0.4, -0.2) is 18.1 Å². The summed E-state index contributed by atoms with van der Waals surface area (Å²) in [7, 11) is 0. The topological polar surface area (TPSA) is 19.2 Å². The fourth-order valence-corrected chi connectivity index (χ4v) is 10.7. The van der Waals surface area contributed by atoms with Gasteiger partial charge in [-0.15, -0.1) is 0 Å². The predicted molar refractivity (Wildman–Crippen MR) is 244 cm³/mol. The minimum absolute atomic E-state index is 1.13. The van der Waals surface area contributed by atoms with Crippen LogP contribution in [0.15, 0.2) is 194 Å². The van der Waals surface area contributed by atoms with E-state index in [9.17, 15) is 0 Å². The molecule has 268 valence electrons. The normalized spacial score (nSPS) is 12.5. The number of hydrogen-bond donors (Lipinski definition) is 0. The van der Waals surface area contributed by atoms with Gasteiger partial charge in [0.2, 0.25) is 0 Å². The average Bonchev–Trinajstić information content (AvgIpc) is 4.08. The van der Waals surface area contributed by atoms with Crippen molar-refractivity contribution in [3.8, 4) is 17.1 Å². The Morgan fingerprint density at radius 1 is 0.241 bits per heavy atom. The molecule has 0 atom stereocenters. The number of para-hydroxylation sites is 8. The monoisotopic (exact) mass is 736 g/mol. The van der Waals surface area contributed by atoms with E-state index in [0.717, 1.165) is 11.4 Å². The van der Waals surface area contributed by atoms with Gasteiger partial charge in [0, 0.05) is 53.9 Å². The Balaban J connectivity index is 1.34. The van der Waals surface area contributed by atoms with Gasteiger partial charge in [0.1, 0.15) is 0 Å². The molecule has 14 rings (SSSR count). The van der Waals surface area contributed by atoms with Crippen LogP contribution in [0, 0.1) is 0 Å². The third-order valence-electron chi connectivity index (χ3n) is 12.9. The molecule has 0 aliphatic carbocycles. The number of rotatable bonds is 3. The van der Waals surface area contributed by atoms with Gasteiger partial charge in [-0.3, -0.25) is 0 Å². The van der Waals surface area contributed by atoms with Gasteiger partial charge in [-0.25, -0.2) is 0 Å². The molecule has 0 amide bonds. The van der Waals surface area contributed by atoms with Crippen LogP contribution in [-0.2, 0) is 0 Å². The molecule has 0 spiro atoms. The number of aromatic nitrogens is 4. The molecule has 0 radical (unpaired) electrons. The maximum absolute atomic E-state index is 2.57. The lowest BCUT2D eigenvalue weighted by molar-refractivity contribution is 1.09. The highest BCUT2D eigenvalue weighted by atomic mass is 15.1. The van der Waals surface area contributed by atoms with E-state index in [0.29, 0.717) is 0 Å². The van der Waals surface area contributed by atoms with Crippen LogP contribution in [0.2, 0.25) is 0 Å². The van der Waals surface area contributed by atoms with Crippen molar-refractivity contribution in [2.45, 2.75) is 0 Å².